The van der Waals surface area contributed by atoms with Gasteiger partial charge >= 0.3 is 0 Å². The van der Waals surface area contributed by atoms with Crippen molar-refractivity contribution in [2.45, 2.75) is 13.8 Å². The zero-order valence-corrected chi connectivity index (χ0v) is 15.6. The molecule has 1 heterocycles. The number of ether oxygens (including phenoxy) is 2. The first-order valence-electron chi connectivity index (χ1n) is 9.17. The average molecular weight is 356 g/mol. The van der Waals surface area contributed by atoms with Crippen LogP contribution in [-0.4, -0.2) is 39.4 Å². The summed E-state index contributed by atoms with van der Waals surface area (Å²) in [6.45, 7) is 8.89. The average Bonchev–Trinajstić information content (AvgIpc) is 2.66. The van der Waals surface area contributed by atoms with E-state index in [2.05, 4.69) is 21.9 Å². The molecule has 0 bridgehead atoms. The van der Waals surface area contributed by atoms with Gasteiger partial charge in [-0.05, 0) is 38.1 Å². The third-order valence-electron chi connectivity index (χ3n) is 4.60. The molecule has 1 saturated heterocycles. The van der Waals surface area contributed by atoms with E-state index in [9.17, 15) is 0 Å². The van der Waals surface area contributed by atoms with E-state index in [4.69, 9.17) is 20.9 Å². The van der Waals surface area contributed by atoms with Gasteiger partial charge < -0.3 is 30.7 Å². The van der Waals surface area contributed by atoms with E-state index in [1.54, 1.807) is 0 Å². The Bertz CT molecular complexity index is 679. The van der Waals surface area contributed by atoms with Crippen LogP contribution in [0.5, 0.6) is 11.5 Å². The van der Waals surface area contributed by atoms with Crippen molar-refractivity contribution in [1.82, 2.24) is 0 Å². The Labute approximate surface area is 155 Å². The lowest BCUT2D eigenvalue weighted by Crippen LogP contribution is -2.46. The molecule has 0 spiro atoms. The lowest BCUT2D eigenvalue weighted by molar-refractivity contribution is 0.342. The van der Waals surface area contributed by atoms with Crippen molar-refractivity contribution in [2.75, 3.05) is 60.7 Å². The normalized spacial score (nSPS) is 14.4. The molecule has 140 valence electrons. The summed E-state index contributed by atoms with van der Waals surface area (Å²) in [7, 11) is 0. The largest absolute Gasteiger partial charge is 0.492 e. The Balaban J connectivity index is 1.68. The van der Waals surface area contributed by atoms with Gasteiger partial charge in [0, 0.05) is 49.7 Å². The molecule has 6 nitrogen and oxygen atoms in total. The highest BCUT2D eigenvalue weighted by molar-refractivity contribution is 5.65. The van der Waals surface area contributed by atoms with Gasteiger partial charge in [0.15, 0.2) is 0 Å². The summed E-state index contributed by atoms with van der Waals surface area (Å²) in [5.41, 5.74) is 15.6. The van der Waals surface area contributed by atoms with E-state index >= 15 is 0 Å². The van der Waals surface area contributed by atoms with Gasteiger partial charge in [0.05, 0.1) is 24.6 Å². The number of benzene rings is 2. The number of rotatable bonds is 6. The monoisotopic (exact) mass is 356 g/mol. The number of anilines is 4. The summed E-state index contributed by atoms with van der Waals surface area (Å²) in [5.74, 6) is 1.51. The first kappa shape index (κ1) is 18.0. The van der Waals surface area contributed by atoms with Crippen LogP contribution in [-0.2, 0) is 0 Å². The molecule has 0 amide bonds. The second kappa shape index (κ2) is 8.08. The predicted octanol–water partition coefficient (Wildman–Crippen LogP) is 2.98. The zero-order chi connectivity index (χ0) is 18.5. The molecule has 0 unspecified atom stereocenters. The number of hydrogen-bond donors (Lipinski definition) is 2. The fourth-order valence-corrected chi connectivity index (χ4v) is 3.22. The van der Waals surface area contributed by atoms with Gasteiger partial charge in [-0.3, -0.25) is 0 Å². The summed E-state index contributed by atoms with van der Waals surface area (Å²) in [6.07, 6.45) is 0. The van der Waals surface area contributed by atoms with Crippen LogP contribution in [0.1, 0.15) is 13.8 Å². The predicted molar refractivity (Wildman–Crippen MR) is 108 cm³/mol. The Hall–Kier alpha value is -2.76. The molecule has 0 aromatic heterocycles. The minimum Gasteiger partial charge on any atom is -0.492 e. The van der Waals surface area contributed by atoms with Gasteiger partial charge in [0.25, 0.3) is 0 Å². The summed E-state index contributed by atoms with van der Waals surface area (Å²) in [4.78, 5) is 4.72. The quantitative estimate of drug-likeness (QED) is 0.775. The Morgan fingerprint density at radius 2 is 1.12 bits per heavy atom. The molecular weight excluding hydrogens is 328 g/mol. The molecule has 6 heteroatoms. The molecule has 1 aliphatic heterocycles. The molecule has 4 N–H and O–H groups in total. The summed E-state index contributed by atoms with van der Waals surface area (Å²) >= 11 is 0. The minimum absolute atomic E-state index is 0.612. The van der Waals surface area contributed by atoms with Crippen LogP contribution in [0.4, 0.5) is 22.7 Å². The molecule has 2 aromatic carbocycles. The van der Waals surface area contributed by atoms with E-state index in [0.717, 1.165) is 49.1 Å². The molecule has 26 heavy (non-hydrogen) atoms. The Morgan fingerprint density at radius 3 is 1.46 bits per heavy atom. The van der Waals surface area contributed by atoms with Gasteiger partial charge in [-0.15, -0.1) is 0 Å². The maximum atomic E-state index is 5.98. The molecule has 2 aromatic rings. The molecular formula is C20H28N4O2. The third kappa shape index (κ3) is 3.90. The van der Waals surface area contributed by atoms with Crippen LogP contribution < -0.4 is 30.7 Å². The van der Waals surface area contributed by atoms with E-state index in [-0.39, 0.29) is 0 Å². The third-order valence-corrected chi connectivity index (χ3v) is 4.60. The highest BCUT2D eigenvalue weighted by atomic mass is 16.5. The number of nitrogens with two attached hydrogens (primary N) is 2. The van der Waals surface area contributed by atoms with Crippen LogP contribution in [0.3, 0.4) is 0 Å². The van der Waals surface area contributed by atoms with E-state index in [0.29, 0.717) is 24.6 Å². The van der Waals surface area contributed by atoms with E-state index in [1.165, 1.54) is 0 Å². The second-order valence-electron chi connectivity index (χ2n) is 6.28. The van der Waals surface area contributed by atoms with E-state index < -0.39 is 0 Å². The van der Waals surface area contributed by atoms with Gasteiger partial charge in [0.1, 0.15) is 11.5 Å². The van der Waals surface area contributed by atoms with Crippen LogP contribution >= 0.6 is 0 Å². The lowest BCUT2D eigenvalue weighted by Gasteiger charge is -2.37. The van der Waals surface area contributed by atoms with Crippen LogP contribution in [0, 0.1) is 0 Å². The van der Waals surface area contributed by atoms with Crippen LogP contribution in [0.15, 0.2) is 36.4 Å². The zero-order valence-electron chi connectivity index (χ0n) is 15.6. The molecule has 1 aliphatic rings. The van der Waals surface area contributed by atoms with Crippen LogP contribution in [0.2, 0.25) is 0 Å². The summed E-state index contributed by atoms with van der Waals surface area (Å²) in [5, 5.41) is 0. The number of nitrogen functional groups attached to an aromatic ring is 2. The lowest BCUT2D eigenvalue weighted by atomic mass is 10.2. The van der Waals surface area contributed by atoms with Crippen molar-refractivity contribution < 1.29 is 9.47 Å². The topological polar surface area (TPSA) is 77.0 Å². The van der Waals surface area contributed by atoms with Crippen molar-refractivity contribution in [1.29, 1.82) is 0 Å². The highest BCUT2D eigenvalue weighted by Crippen LogP contribution is 2.31. The van der Waals surface area contributed by atoms with Gasteiger partial charge in [0.2, 0.25) is 0 Å². The molecule has 0 aliphatic carbocycles. The smallest absolute Gasteiger partial charge is 0.144 e. The van der Waals surface area contributed by atoms with Crippen molar-refractivity contribution >= 4 is 22.7 Å². The Kier molecular flexibility index (Phi) is 5.61. The highest BCUT2D eigenvalue weighted by Gasteiger charge is 2.19. The maximum absolute atomic E-state index is 5.98. The number of hydrogen-bond acceptors (Lipinski definition) is 6. The SMILES string of the molecule is CCOc1cc(N2CCN(c3ccc(N)c(OCC)c3)CC2)ccc1N. The van der Waals surface area contributed by atoms with Crippen molar-refractivity contribution in [3.8, 4) is 11.5 Å². The standard InChI is InChI=1S/C20H28N4O2/c1-3-25-19-13-15(5-7-17(19)21)23-9-11-24(12-10-23)16-6-8-18(22)20(14-16)26-4-2/h5-8,13-14H,3-4,9-12,21-22H2,1-2H3. The van der Waals surface area contributed by atoms with Gasteiger partial charge in [-0.2, -0.15) is 0 Å². The summed E-state index contributed by atoms with van der Waals surface area (Å²) < 4.78 is 11.2. The van der Waals surface area contributed by atoms with E-state index in [1.807, 2.05) is 38.1 Å². The molecule has 0 radical (unpaired) electrons. The van der Waals surface area contributed by atoms with Gasteiger partial charge in [-0.25, -0.2) is 0 Å². The van der Waals surface area contributed by atoms with Crippen LogP contribution in [0.25, 0.3) is 0 Å². The maximum Gasteiger partial charge on any atom is 0.144 e. The molecule has 0 atom stereocenters. The fraction of sp³-hybridized carbons (Fsp3) is 0.400. The van der Waals surface area contributed by atoms with Crippen molar-refractivity contribution in [2.24, 2.45) is 0 Å². The first-order chi connectivity index (χ1) is 12.6. The Morgan fingerprint density at radius 1 is 0.731 bits per heavy atom. The van der Waals surface area contributed by atoms with Gasteiger partial charge in [-0.1, -0.05) is 0 Å². The molecule has 1 fully saturated rings. The molecule has 0 saturated carbocycles. The number of piperazine rings is 1. The minimum atomic E-state index is 0.612. The fourth-order valence-electron chi connectivity index (χ4n) is 3.22. The summed E-state index contributed by atoms with van der Waals surface area (Å²) in [6, 6.07) is 12.0. The first-order valence-corrected chi connectivity index (χ1v) is 9.17. The van der Waals surface area contributed by atoms with Crippen molar-refractivity contribution in [3.05, 3.63) is 36.4 Å². The second-order valence-corrected chi connectivity index (χ2v) is 6.28. The number of nitrogens with zero attached hydrogens (tertiary/aromatic N) is 2. The molecule has 3 rings (SSSR count). The van der Waals surface area contributed by atoms with Crippen molar-refractivity contribution in [3.63, 3.8) is 0 Å².